The highest BCUT2D eigenvalue weighted by molar-refractivity contribution is 5.93. The van der Waals surface area contributed by atoms with E-state index >= 15 is 0 Å². The van der Waals surface area contributed by atoms with Gasteiger partial charge in [-0.1, -0.05) is 26.7 Å². The lowest BCUT2D eigenvalue weighted by Gasteiger charge is -2.25. The minimum absolute atomic E-state index is 0.341. The summed E-state index contributed by atoms with van der Waals surface area (Å²) in [5.41, 5.74) is 16.1. The molecule has 0 aromatic carbocycles. The molecule has 0 radical (unpaired) electrons. The number of nitrogens with two attached hydrogens (primary N) is 3. The van der Waals surface area contributed by atoms with Gasteiger partial charge in [0.05, 0.1) is 19.0 Å². The predicted octanol–water partition coefficient (Wildman–Crippen LogP) is -2.47. The number of carboxylic acids is 1. The molecule has 30 heavy (non-hydrogen) atoms. The number of carbonyl (C=O) groups is 5. The van der Waals surface area contributed by atoms with E-state index < -0.39 is 60.7 Å². The van der Waals surface area contributed by atoms with Gasteiger partial charge in [0.1, 0.15) is 12.1 Å². The van der Waals surface area contributed by atoms with Crippen LogP contribution >= 0.6 is 0 Å². The second kappa shape index (κ2) is 14.3. The average Bonchev–Trinajstić information content (AvgIpc) is 2.68. The maximum Gasteiger partial charge on any atom is 0.326 e. The standard InChI is InChI=1S/C18H34N6O6/c1-3-10(2)15(17(28)23-12(18(29)30)8-13(21)25)24-14(26)9-22-16(27)11(20)6-4-5-7-19/h10-12,15H,3-9,19-20H2,1-2H3,(H2,21,25)(H,22,27)(H,23,28)(H,24,26)(H,29,30). The number of hydrogen-bond acceptors (Lipinski definition) is 7. The maximum absolute atomic E-state index is 12.5. The topological polar surface area (TPSA) is 220 Å². The second-order valence-corrected chi connectivity index (χ2v) is 7.11. The van der Waals surface area contributed by atoms with Gasteiger partial charge in [0.2, 0.25) is 23.6 Å². The fourth-order valence-electron chi connectivity index (χ4n) is 2.53. The van der Waals surface area contributed by atoms with Crippen molar-refractivity contribution in [1.82, 2.24) is 16.0 Å². The molecule has 12 nitrogen and oxygen atoms in total. The Hall–Kier alpha value is -2.73. The molecule has 0 bridgehead atoms. The summed E-state index contributed by atoms with van der Waals surface area (Å²) in [4.78, 5) is 58.9. The molecule has 0 aliphatic rings. The van der Waals surface area contributed by atoms with Crippen molar-refractivity contribution < 1.29 is 29.1 Å². The van der Waals surface area contributed by atoms with E-state index in [0.29, 0.717) is 25.8 Å². The highest BCUT2D eigenvalue weighted by Gasteiger charge is 2.30. The van der Waals surface area contributed by atoms with Crippen LogP contribution in [0.25, 0.3) is 0 Å². The van der Waals surface area contributed by atoms with Gasteiger partial charge in [-0.25, -0.2) is 4.79 Å². The van der Waals surface area contributed by atoms with Crippen molar-refractivity contribution in [1.29, 1.82) is 0 Å². The first kappa shape index (κ1) is 27.3. The number of nitrogens with one attached hydrogen (secondary N) is 3. The maximum atomic E-state index is 12.5. The molecule has 0 heterocycles. The predicted molar refractivity (Wildman–Crippen MR) is 109 cm³/mol. The van der Waals surface area contributed by atoms with Gasteiger partial charge in [-0.15, -0.1) is 0 Å². The Kier molecular flexibility index (Phi) is 13.0. The summed E-state index contributed by atoms with van der Waals surface area (Å²) in [5.74, 6) is -4.56. The van der Waals surface area contributed by atoms with Crippen LogP contribution in [0.2, 0.25) is 0 Å². The Balaban J connectivity index is 4.86. The Labute approximate surface area is 175 Å². The van der Waals surface area contributed by atoms with Crippen molar-refractivity contribution >= 4 is 29.6 Å². The lowest BCUT2D eigenvalue weighted by molar-refractivity contribution is -0.144. The van der Waals surface area contributed by atoms with Crippen molar-refractivity contribution in [3.05, 3.63) is 0 Å². The van der Waals surface area contributed by atoms with E-state index in [1.165, 1.54) is 0 Å². The van der Waals surface area contributed by atoms with Crippen LogP contribution in [-0.2, 0) is 24.0 Å². The van der Waals surface area contributed by atoms with Crippen molar-refractivity contribution in [2.24, 2.45) is 23.1 Å². The summed E-state index contributed by atoms with van der Waals surface area (Å²) in [6.45, 7) is 3.59. The molecular formula is C18H34N6O6. The molecule has 172 valence electrons. The number of carbonyl (C=O) groups excluding carboxylic acids is 4. The number of primary amides is 1. The zero-order valence-electron chi connectivity index (χ0n) is 17.5. The van der Waals surface area contributed by atoms with Crippen molar-refractivity contribution in [3.63, 3.8) is 0 Å². The van der Waals surface area contributed by atoms with Crippen LogP contribution in [0.4, 0.5) is 0 Å². The molecule has 0 aliphatic heterocycles. The Morgan fingerprint density at radius 1 is 1.03 bits per heavy atom. The third-order valence-electron chi connectivity index (χ3n) is 4.56. The van der Waals surface area contributed by atoms with Crippen LogP contribution in [-0.4, -0.2) is 65.9 Å². The van der Waals surface area contributed by atoms with E-state index in [0.717, 1.165) is 6.42 Å². The summed E-state index contributed by atoms with van der Waals surface area (Å²) >= 11 is 0. The van der Waals surface area contributed by atoms with E-state index in [9.17, 15) is 24.0 Å². The molecule has 4 atom stereocenters. The first-order chi connectivity index (χ1) is 14.0. The molecule has 0 aromatic heterocycles. The summed E-state index contributed by atoms with van der Waals surface area (Å²) in [6.07, 6.45) is 1.77. The molecule has 0 fully saturated rings. The molecule has 0 saturated heterocycles. The van der Waals surface area contributed by atoms with Crippen LogP contribution in [0, 0.1) is 5.92 Å². The van der Waals surface area contributed by atoms with Crippen LogP contribution in [0.5, 0.6) is 0 Å². The number of amides is 4. The Bertz CT molecular complexity index is 614. The van der Waals surface area contributed by atoms with Crippen molar-refractivity contribution in [2.45, 2.75) is 64.1 Å². The molecule has 4 unspecified atom stereocenters. The minimum Gasteiger partial charge on any atom is -0.480 e. The zero-order valence-corrected chi connectivity index (χ0v) is 17.5. The highest BCUT2D eigenvalue weighted by atomic mass is 16.4. The fourth-order valence-corrected chi connectivity index (χ4v) is 2.53. The smallest absolute Gasteiger partial charge is 0.326 e. The third-order valence-corrected chi connectivity index (χ3v) is 4.56. The zero-order chi connectivity index (χ0) is 23.3. The van der Waals surface area contributed by atoms with E-state index in [2.05, 4.69) is 16.0 Å². The van der Waals surface area contributed by atoms with Gasteiger partial charge < -0.3 is 38.3 Å². The fraction of sp³-hybridized carbons (Fsp3) is 0.722. The van der Waals surface area contributed by atoms with E-state index in [-0.39, 0.29) is 5.92 Å². The number of aliphatic carboxylic acids is 1. The molecule has 4 amide bonds. The molecule has 0 rings (SSSR count). The van der Waals surface area contributed by atoms with Crippen LogP contribution < -0.4 is 33.2 Å². The summed E-state index contributed by atoms with van der Waals surface area (Å²) < 4.78 is 0. The summed E-state index contributed by atoms with van der Waals surface area (Å²) in [6, 6.07) is -3.35. The Morgan fingerprint density at radius 3 is 2.17 bits per heavy atom. The normalized spacial score (nSPS) is 14.7. The van der Waals surface area contributed by atoms with Gasteiger partial charge >= 0.3 is 5.97 Å². The minimum atomic E-state index is -1.51. The van der Waals surface area contributed by atoms with E-state index in [1.54, 1.807) is 13.8 Å². The summed E-state index contributed by atoms with van der Waals surface area (Å²) in [7, 11) is 0. The van der Waals surface area contributed by atoms with Gasteiger partial charge in [0, 0.05) is 0 Å². The van der Waals surface area contributed by atoms with Crippen LogP contribution in [0.3, 0.4) is 0 Å². The molecule has 0 aromatic rings. The lowest BCUT2D eigenvalue weighted by Crippen LogP contribution is -2.56. The number of rotatable bonds is 15. The Morgan fingerprint density at radius 2 is 1.67 bits per heavy atom. The molecule has 0 saturated carbocycles. The van der Waals surface area contributed by atoms with Crippen LogP contribution in [0.15, 0.2) is 0 Å². The molecule has 0 aliphatic carbocycles. The van der Waals surface area contributed by atoms with Crippen molar-refractivity contribution in [3.8, 4) is 0 Å². The first-order valence-corrected chi connectivity index (χ1v) is 9.87. The molecular weight excluding hydrogens is 396 g/mol. The van der Waals surface area contributed by atoms with E-state index in [4.69, 9.17) is 22.3 Å². The van der Waals surface area contributed by atoms with Crippen molar-refractivity contribution in [2.75, 3.05) is 13.1 Å². The number of carboxylic acid groups (broad SMARTS) is 1. The SMILES string of the molecule is CCC(C)C(NC(=O)CNC(=O)C(N)CCCCN)C(=O)NC(CC(N)=O)C(=O)O. The number of unbranched alkanes of at least 4 members (excludes halogenated alkanes) is 1. The largest absolute Gasteiger partial charge is 0.480 e. The quantitative estimate of drug-likeness (QED) is 0.138. The first-order valence-electron chi connectivity index (χ1n) is 9.87. The molecule has 10 N–H and O–H groups in total. The monoisotopic (exact) mass is 430 g/mol. The second-order valence-electron chi connectivity index (χ2n) is 7.11. The van der Waals surface area contributed by atoms with Gasteiger partial charge in [0.25, 0.3) is 0 Å². The van der Waals surface area contributed by atoms with Gasteiger partial charge in [-0.05, 0) is 25.3 Å². The molecule has 12 heteroatoms. The summed E-state index contributed by atoms with van der Waals surface area (Å²) in [5, 5.41) is 16.2. The lowest BCUT2D eigenvalue weighted by atomic mass is 9.97. The molecule has 0 spiro atoms. The third kappa shape index (κ3) is 10.7. The van der Waals surface area contributed by atoms with Gasteiger partial charge in [-0.2, -0.15) is 0 Å². The van der Waals surface area contributed by atoms with Gasteiger partial charge in [0.15, 0.2) is 0 Å². The number of hydrogen-bond donors (Lipinski definition) is 7. The van der Waals surface area contributed by atoms with Gasteiger partial charge in [-0.3, -0.25) is 19.2 Å². The average molecular weight is 431 g/mol. The highest BCUT2D eigenvalue weighted by Crippen LogP contribution is 2.09. The van der Waals surface area contributed by atoms with E-state index in [1.807, 2.05) is 0 Å². The van der Waals surface area contributed by atoms with Crippen LogP contribution in [0.1, 0.15) is 46.0 Å².